The van der Waals surface area contributed by atoms with Crippen LogP contribution < -0.4 is 5.32 Å². The molecule has 0 aliphatic heterocycles. The van der Waals surface area contributed by atoms with Crippen molar-refractivity contribution in [2.75, 3.05) is 6.54 Å². The molecule has 0 aliphatic rings. The molecule has 0 heterocycles. The summed E-state index contributed by atoms with van der Waals surface area (Å²) in [5.74, 6) is 0.424. The molecule has 18 heavy (non-hydrogen) atoms. The van der Waals surface area contributed by atoms with Gasteiger partial charge >= 0.3 is 0 Å². The van der Waals surface area contributed by atoms with Crippen LogP contribution in [0.3, 0.4) is 0 Å². The fraction of sp³-hybridized carbons (Fsp3) is 0.462. The van der Waals surface area contributed by atoms with Gasteiger partial charge in [-0.3, -0.25) is 4.79 Å². The summed E-state index contributed by atoms with van der Waals surface area (Å²) in [5, 5.41) is 2.82. The van der Waals surface area contributed by atoms with Gasteiger partial charge in [0.2, 0.25) is 0 Å². The number of halogens is 3. The molecule has 1 rings (SSSR count). The van der Waals surface area contributed by atoms with Crippen LogP contribution in [-0.2, 0) is 0 Å². The van der Waals surface area contributed by atoms with Crippen LogP contribution >= 0.6 is 43.5 Å². The third kappa shape index (κ3) is 5.29. The minimum Gasteiger partial charge on any atom is -0.351 e. The van der Waals surface area contributed by atoms with E-state index in [0.717, 1.165) is 15.4 Å². The zero-order valence-electron chi connectivity index (χ0n) is 10.3. The summed E-state index contributed by atoms with van der Waals surface area (Å²) in [4.78, 5) is 12.0. The van der Waals surface area contributed by atoms with Crippen LogP contribution in [-0.4, -0.2) is 17.8 Å². The Bertz CT molecular complexity index is 423. The molecule has 0 bridgehead atoms. The Morgan fingerprint density at radius 1 is 1.39 bits per heavy atom. The van der Waals surface area contributed by atoms with Gasteiger partial charge in [0.05, 0.1) is 10.9 Å². The second-order valence-corrected chi connectivity index (χ2v) is 6.95. The first-order valence-electron chi connectivity index (χ1n) is 5.77. The van der Waals surface area contributed by atoms with Gasteiger partial charge in [-0.1, -0.05) is 29.8 Å². The second kappa shape index (κ2) is 7.51. The van der Waals surface area contributed by atoms with Crippen molar-refractivity contribution >= 4 is 49.4 Å². The van der Waals surface area contributed by atoms with Crippen LogP contribution in [0.25, 0.3) is 0 Å². The molecule has 100 valence electrons. The maximum Gasteiger partial charge on any atom is 0.252 e. The van der Waals surface area contributed by atoms with Crippen LogP contribution in [0.4, 0.5) is 0 Å². The molecule has 0 saturated heterocycles. The van der Waals surface area contributed by atoms with Gasteiger partial charge in [-0.2, -0.15) is 0 Å². The molecule has 1 aromatic rings. The van der Waals surface area contributed by atoms with Gasteiger partial charge in [0, 0.05) is 15.5 Å². The number of rotatable bonds is 5. The van der Waals surface area contributed by atoms with Crippen molar-refractivity contribution in [1.82, 2.24) is 5.32 Å². The van der Waals surface area contributed by atoms with Gasteiger partial charge in [0.25, 0.3) is 5.91 Å². The Hall–Kier alpha value is -0.0600. The van der Waals surface area contributed by atoms with Crippen LogP contribution in [0, 0.1) is 5.92 Å². The standard InChI is InChI=1S/C13H16Br2ClNO/c1-8(2)5-10(16)7-17-13(18)11-4-3-9(14)6-12(11)15/h3-4,6,8,10H,5,7H2,1-2H3,(H,17,18). The fourth-order valence-corrected chi connectivity index (χ4v) is 3.23. The first-order valence-corrected chi connectivity index (χ1v) is 7.79. The molecule has 0 fully saturated rings. The lowest BCUT2D eigenvalue weighted by molar-refractivity contribution is 0.0952. The zero-order chi connectivity index (χ0) is 13.7. The molecule has 2 nitrogen and oxygen atoms in total. The van der Waals surface area contributed by atoms with Crippen molar-refractivity contribution in [3.63, 3.8) is 0 Å². The summed E-state index contributed by atoms with van der Waals surface area (Å²) >= 11 is 12.9. The SMILES string of the molecule is CC(C)CC(Cl)CNC(=O)c1ccc(Br)cc1Br. The number of benzene rings is 1. The highest BCUT2D eigenvalue weighted by Crippen LogP contribution is 2.22. The van der Waals surface area contributed by atoms with Gasteiger partial charge in [0.1, 0.15) is 0 Å². The van der Waals surface area contributed by atoms with E-state index in [0.29, 0.717) is 18.0 Å². The molecule has 0 aliphatic carbocycles. The van der Waals surface area contributed by atoms with E-state index in [1.54, 1.807) is 6.07 Å². The van der Waals surface area contributed by atoms with Gasteiger partial charge in [-0.15, -0.1) is 11.6 Å². The molecular weight excluding hydrogens is 381 g/mol. The molecule has 1 amide bonds. The molecular formula is C13H16Br2ClNO. The van der Waals surface area contributed by atoms with Crippen LogP contribution in [0.15, 0.2) is 27.1 Å². The molecule has 0 saturated carbocycles. The number of carbonyl (C=O) groups excluding carboxylic acids is 1. The number of carbonyl (C=O) groups is 1. The first kappa shape index (κ1) is 16.0. The molecule has 0 radical (unpaired) electrons. The molecule has 0 aromatic heterocycles. The first-order chi connectivity index (χ1) is 8.40. The summed E-state index contributed by atoms with van der Waals surface area (Å²) < 4.78 is 1.70. The minimum absolute atomic E-state index is 0.0248. The van der Waals surface area contributed by atoms with Gasteiger partial charge in [-0.25, -0.2) is 0 Å². The van der Waals surface area contributed by atoms with E-state index >= 15 is 0 Å². The predicted octanol–water partition coefficient (Wildman–Crippen LogP) is 4.59. The van der Waals surface area contributed by atoms with E-state index in [-0.39, 0.29) is 11.3 Å². The van der Waals surface area contributed by atoms with Crippen molar-refractivity contribution in [1.29, 1.82) is 0 Å². The highest BCUT2D eigenvalue weighted by atomic mass is 79.9. The monoisotopic (exact) mass is 395 g/mol. The van der Waals surface area contributed by atoms with Gasteiger partial charge < -0.3 is 5.32 Å². The second-order valence-electron chi connectivity index (χ2n) is 4.56. The lowest BCUT2D eigenvalue weighted by Crippen LogP contribution is -2.30. The normalized spacial score (nSPS) is 12.6. The Kier molecular flexibility index (Phi) is 6.67. The average Bonchev–Trinajstić information content (AvgIpc) is 2.25. The van der Waals surface area contributed by atoms with E-state index in [2.05, 4.69) is 51.0 Å². The Labute approximate surface area is 130 Å². The fourth-order valence-electron chi connectivity index (χ4n) is 1.57. The summed E-state index contributed by atoms with van der Waals surface area (Å²) in [5.41, 5.74) is 0.617. The summed E-state index contributed by atoms with van der Waals surface area (Å²) in [7, 11) is 0. The number of hydrogen-bond acceptors (Lipinski definition) is 1. The maximum atomic E-state index is 12.0. The molecule has 1 aromatic carbocycles. The lowest BCUT2D eigenvalue weighted by atomic mass is 10.1. The Morgan fingerprint density at radius 2 is 2.06 bits per heavy atom. The van der Waals surface area contributed by atoms with E-state index in [1.165, 1.54) is 0 Å². The van der Waals surface area contributed by atoms with E-state index < -0.39 is 0 Å². The Morgan fingerprint density at radius 3 is 2.61 bits per heavy atom. The quantitative estimate of drug-likeness (QED) is 0.723. The maximum absolute atomic E-state index is 12.0. The molecule has 1 atom stereocenters. The zero-order valence-corrected chi connectivity index (χ0v) is 14.3. The highest BCUT2D eigenvalue weighted by molar-refractivity contribution is 9.11. The summed E-state index contributed by atoms with van der Waals surface area (Å²) in [6.07, 6.45) is 0.892. The molecule has 5 heteroatoms. The lowest BCUT2D eigenvalue weighted by Gasteiger charge is -2.13. The van der Waals surface area contributed by atoms with Gasteiger partial charge in [-0.05, 0) is 46.5 Å². The Balaban J connectivity index is 2.55. The minimum atomic E-state index is -0.108. The van der Waals surface area contributed by atoms with Crippen LogP contribution in [0.1, 0.15) is 30.6 Å². The third-order valence-corrected chi connectivity index (χ3v) is 3.87. The van der Waals surface area contributed by atoms with Crippen molar-refractivity contribution in [3.8, 4) is 0 Å². The van der Waals surface area contributed by atoms with Crippen molar-refractivity contribution in [2.45, 2.75) is 25.6 Å². The largest absolute Gasteiger partial charge is 0.351 e. The predicted molar refractivity (Wildman–Crippen MR) is 83.3 cm³/mol. The number of alkyl halides is 1. The number of hydrogen-bond donors (Lipinski definition) is 1. The van der Waals surface area contributed by atoms with Crippen LogP contribution in [0.5, 0.6) is 0 Å². The van der Waals surface area contributed by atoms with E-state index in [1.807, 2.05) is 12.1 Å². The van der Waals surface area contributed by atoms with E-state index in [9.17, 15) is 4.79 Å². The van der Waals surface area contributed by atoms with Crippen molar-refractivity contribution < 1.29 is 4.79 Å². The summed E-state index contributed by atoms with van der Waals surface area (Å²) in [6, 6.07) is 5.46. The molecule has 1 unspecified atom stereocenters. The topological polar surface area (TPSA) is 29.1 Å². The number of nitrogens with one attached hydrogen (secondary N) is 1. The molecule has 0 spiro atoms. The van der Waals surface area contributed by atoms with Crippen molar-refractivity contribution in [2.24, 2.45) is 5.92 Å². The van der Waals surface area contributed by atoms with Crippen LogP contribution in [0.2, 0.25) is 0 Å². The smallest absolute Gasteiger partial charge is 0.252 e. The number of amides is 1. The highest BCUT2D eigenvalue weighted by Gasteiger charge is 2.13. The third-order valence-electron chi connectivity index (χ3n) is 2.39. The summed E-state index contributed by atoms with van der Waals surface area (Å²) in [6.45, 7) is 4.71. The molecule has 1 N–H and O–H groups in total. The average molecular weight is 398 g/mol. The van der Waals surface area contributed by atoms with E-state index in [4.69, 9.17) is 11.6 Å². The van der Waals surface area contributed by atoms with Gasteiger partial charge in [0.15, 0.2) is 0 Å². The van der Waals surface area contributed by atoms with Crippen molar-refractivity contribution in [3.05, 3.63) is 32.7 Å².